The van der Waals surface area contributed by atoms with Gasteiger partial charge in [0.2, 0.25) is 0 Å². The quantitative estimate of drug-likeness (QED) is 0.247. The number of hydrogen-bond donors (Lipinski definition) is 7. The van der Waals surface area contributed by atoms with Gasteiger partial charge in [0.1, 0.15) is 24.4 Å². The molecule has 0 saturated heterocycles. The van der Waals surface area contributed by atoms with E-state index in [0.717, 1.165) is 0 Å². The normalized spacial score (nSPS) is 14.9. The lowest BCUT2D eigenvalue weighted by Crippen LogP contribution is -2.46. The highest BCUT2D eigenvalue weighted by Gasteiger charge is 2.29. The lowest BCUT2D eigenvalue weighted by Gasteiger charge is -2.22. The summed E-state index contributed by atoms with van der Waals surface area (Å²) in [5, 5.41) is 59.0. The molecule has 22 heavy (non-hydrogen) atoms. The van der Waals surface area contributed by atoms with Crippen LogP contribution in [-0.4, -0.2) is 85.0 Å². The fourth-order valence-electron chi connectivity index (χ4n) is 0.618. The van der Waals surface area contributed by atoms with Gasteiger partial charge < -0.3 is 40.5 Å². The van der Waals surface area contributed by atoms with Crippen LogP contribution in [0.15, 0.2) is 0 Å². The molecule has 4 atom stereocenters. The molecule has 0 saturated carbocycles. The first kappa shape index (κ1) is 25.4. The van der Waals surface area contributed by atoms with Crippen LogP contribution in [0.2, 0.25) is 0 Å². The first-order valence-corrected chi connectivity index (χ1v) is 6.30. The van der Waals surface area contributed by atoms with Crippen molar-refractivity contribution < 1.29 is 50.1 Å². The highest BCUT2D eigenvalue weighted by Crippen LogP contribution is 2.02. The maximum absolute atomic E-state index is 9.90. The zero-order valence-corrected chi connectivity index (χ0v) is 12.4. The number of aldehydes is 1. The van der Waals surface area contributed by atoms with E-state index >= 15 is 0 Å². The summed E-state index contributed by atoms with van der Waals surface area (Å²) < 4.78 is 0. The molecule has 7 N–H and O–H groups in total. The van der Waals surface area contributed by atoms with Crippen molar-refractivity contribution in [1.82, 2.24) is 0 Å². The van der Waals surface area contributed by atoms with Crippen LogP contribution < -0.4 is 0 Å². The zero-order chi connectivity index (χ0) is 18.3. The van der Waals surface area contributed by atoms with E-state index in [0.29, 0.717) is 0 Å². The highest BCUT2D eigenvalue weighted by atomic mass is 16.4. The van der Waals surface area contributed by atoms with Gasteiger partial charge in [0.05, 0.1) is 6.61 Å². The first-order valence-electron chi connectivity index (χ1n) is 6.30. The minimum absolute atomic E-state index is 0.0258. The Balaban J connectivity index is -0.000000298. The number of rotatable bonds is 7. The Morgan fingerprint density at radius 2 is 1.23 bits per heavy atom. The predicted octanol–water partition coefficient (Wildman–Crippen LogP) is -2.42. The molecule has 0 unspecified atom stereocenters. The Bertz CT molecular complexity index is 292. The van der Waals surface area contributed by atoms with Gasteiger partial charge in [0, 0.05) is 12.8 Å². The van der Waals surface area contributed by atoms with Gasteiger partial charge in [-0.05, 0) is 0 Å². The van der Waals surface area contributed by atoms with Gasteiger partial charge >= 0.3 is 11.9 Å². The van der Waals surface area contributed by atoms with Crippen molar-refractivity contribution in [2.45, 2.75) is 51.1 Å². The SMILES string of the molecule is CCC(=O)O.CCC(=O)O.O=C[C@H](O)[C@@H](O)[C@H](O)[C@H](O)CO. The molecule has 0 spiro atoms. The third-order valence-corrected chi connectivity index (χ3v) is 2.03. The van der Waals surface area contributed by atoms with Crippen LogP contribution in [0.3, 0.4) is 0 Å². The Labute approximate surface area is 127 Å². The van der Waals surface area contributed by atoms with Crippen molar-refractivity contribution in [1.29, 1.82) is 0 Å². The van der Waals surface area contributed by atoms with E-state index in [2.05, 4.69) is 0 Å². The fraction of sp³-hybridized carbons (Fsp3) is 0.750. The average molecular weight is 328 g/mol. The van der Waals surface area contributed by atoms with Gasteiger partial charge in [-0.15, -0.1) is 0 Å². The van der Waals surface area contributed by atoms with Gasteiger partial charge in [-0.2, -0.15) is 0 Å². The summed E-state index contributed by atoms with van der Waals surface area (Å²) in [6.45, 7) is 2.44. The second-order valence-electron chi connectivity index (χ2n) is 3.85. The largest absolute Gasteiger partial charge is 0.481 e. The molecule has 132 valence electrons. The van der Waals surface area contributed by atoms with E-state index in [1.165, 1.54) is 0 Å². The van der Waals surface area contributed by atoms with E-state index in [-0.39, 0.29) is 19.1 Å². The van der Waals surface area contributed by atoms with Crippen LogP contribution in [0, 0.1) is 0 Å². The Morgan fingerprint density at radius 3 is 1.41 bits per heavy atom. The van der Waals surface area contributed by atoms with E-state index in [1.54, 1.807) is 13.8 Å². The molecule has 0 aromatic rings. The number of carbonyl (C=O) groups is 3. The van der Waals surface area contributed by atoms with Crippen LogP contribution in [0.4, 0.5) is 0 Å². The summed E-state index contributed by atoms with van der Waals surface area (Å²) >= 11 is 0. The Morgan fingerprint density at radius 1 is 0.909 bits per heavy atom. The predicted molar refractivity (Wildman–Crippen MR) is 73.0 cm³/mol. The molecule has 0 bridgehead atoms. The molecule has 0 amide bonds. The van der Waals surface area contributed by atoms with Crippen LogP contribution in [0.5, 0.6) is 0 Å². The Kier molecular flexibility index (Phi) is 18.2. The molecular weight excluding hydrogens is 304 g/mol. The lowest BCUT2D eigenvalue weighted by molar-refractivity contribution is -0.137. The molecule has 0 aromatic carbocycles. The second kappa shape index (κ2) is 15.8. The van der Waals surface area contributed by atoms with Crippen molar-refractivity contribution in [2.24, 2.45) is 0 Å². The smallest absolute Gasteiger partial charge is 0.303 e. The van der Waals surface area contributed by atoms with Crippen molar-refractivity contribution >= 4 is 18.2 Å². The monoisotopic (exact) mass is 328 g/mol. The molecule has 0 rings (SSSR count). The fourth-order valence-corrected chi connectivity index (χ4v) is 0.618. The Hall–Kier alpha value is -1.59. The standard InChI is InChI=1S/C6H12O6.2C3H6O2/c7-1-3(9)5(11)6(12)4(10)2-8;2*1-2-3(4)5/h1,3-6,8-12H,2H2;2*2H2,1H3,(H,4,5)/t3-,4+,5+,6+;;/m0../s1. The summed E-state index contributed by atoms with van der Waals surface area (Å²) in [4.78, 5) is 28.6. The minimum Gasteiger partial charge on any atom is -0.481 e. The summed E-state index contributed by atoms with van der Waals surface area (Å²) in [5.74, 6) is -1.49. The topological polar surface area (TPSA) is 193 Å². The van der Waals surface area contributed by atoms with Crippen LogP contribution >= 0.6 is 0 Å². The number of aliphatic carboxylic acids is 2. The van der Waals surface area contributed by atoms with Gasteiger partial charge in [0.15, 0.2) is 6.29 Å². The molecule has 0 aliphatic carbocycles. The second-order valence-corrected chi connectivity index (χ2v) is 3.85. The maximum Gasteiger partial charge on any atom is 0.303 e. The molecule has 0 aliphatic rings. The van der Waals surface area contributed by atoms with Gasteiger partial charge in [-0.3, -0.25) is 9.59 Å². The number of aliphatic hydroxyl groups is 5. The summed E-state index contributed by atoms with van der Waals surface area (Å²) in [6.07, 6.45) is -6.39. The number of carboxylic acids is 2. The summed E-state index contributed by atoms with van der Waals surface area (Å²) in [6, 6.07) is 0. The summed E-state index contributed by atoms with van der Waals surface area (Å²) in [7, 11) is 0. The molecule has 0 aliphatic heterocycles. The van der Waals surface area contributed by atoms with Crippen molar-refractivity contribution in [3.8, 4) is 0 Å². The van der Waals surface area contributed by atoms with Crippen LogP contribution in [0.25, 0.3) is 0 Å². The number of carbonyl (C=O) groups excluding carboxylic acids is 1. The maximum atomic E-state index is 9.90. The molecule has 0 radical (unpaired) electrons. The first-order chi connectivity index (χ1) is 10.1. The van der Waals surface area contributed by atoms with Crippen LogP contribution in [0.1, 0.15) is 26.7 Å². The molecule has 0 heterocycles. The van der Waals surface area contributed by atoms with Gasteiger partial charge in [-0.25, -0.2) is 0 Å². The number of hydrogen-bond acceptors (Lipinski definition) is 8. The van der Waals surface area contributed by atoms with E-state index in [9.17, 15) is 14.4 Å². The van der Waals surface area contributed by atoms with Gasteiger partial charge in [-0.1, -0.05) is 13.8 Å². The molecule has 0 fully saturated rings. The third-order valence-electron chi connectivity index (χ3n) is 2.03. The molecule has 10 heteroatoms. The minimum atomic E-state index is -1.79. The van der Waals surface area contributed by atoms with Crippen molar-refractivity contribution in [3.63, 3.8) is 0 Å². The van der Waals surface area contributed by atoms with E-state index < -0.39 is 43.0 Å². The van der Waals surface area contributed by atoms with E-state index in [1.807, 2.05) is 0 Å². The van der Waals surface area contributed by atoms with Crippen molar-refractivity contribution in [3.05, 3.63) is 0 Å². The van der Waals surface area contributed by atoms with E-state index in [4.69, 9.17) is 35.7 Å². The molecule has 10 nitrogen and oxygen atoms in total. The average Bonchev–Trinajstić information content (AvgIpc) is 2.52. The molecular formula is C12H24O10. The lowest BCUT2D eigenvalue weighted by atomic mass is 10.0. The number of carboxylic acid groups (broad SMARTS) is 2. The third kappa shape index (κ3) is 16.5. The van der Waals surface area contributed by atoms with Crippen LogP contribution in [-0.2, 0) is 14.4 Å². The number of aliphatic hydroxyl groups excluding tert-OH is 5. The highest BCUT2D eigenvalue weighted by molar-refractivity contribution is 5.66. The molecule has 0 aromatic heterocycles. The summed E-state index contributed by atoms with van der Waals surface area (Å²) in [5.41, 5.74) is 0. The zero-order valence-electron chi connectivity index (χ0n) is 12.4. The van der Waals surface area contributed by atoms with Gasteiger partial charge in [0.25, 0.3) is 0 Å². The van der Waals surface area contributed by atoms with Crippen molar-refractivity contribution in [2.75, 3.05) is 6.61 Å².